The lowest BCUT2D eigenvalue weighted by Gasteiger charge is -2.04. The van der Waals surface area contributed by atoms with E-state index in [1.807, 2.05) is 0 Å². The van der Waals surface area contributed by atoms with Gasteiger partial charge >= 0.3 is 0 Å². The molecule has 0 radical (unpaired) electrons. The average molecular weight is 302 g/mol. The summed E-state index contributed by atoms with van der Waals surface area (Å²) in [6.07, 6.45) is 1.79. The third-order valence-electron chi connectivity index (χ3n) is 2.04. The maximum Gasteiger partial charge on any atom is 0.292 e. The summed E-state index contributed by atoms with van der Waals surface area (Å²) in [6, 6.07) is 2.86. The van der Waals surface area contributed by atoms with Crippen molar-refractivity contribution in [1.29, 1.82) is 0 Å². The zero-order valence-corrected chi connectivity index (χ0v) is 11.0. The number of hydrogen-bond donors (Lipinski definition) is 0. The van der Waals surface area contributed by atoms with Crippen LogP contribution in [-0.4, -0.2) is 29.0 Å². The number of hydrogen-bond acceptors (Lipinski definition) is 6. The maximum atomic E-state index is 11.5. The molecule has 0 aliphatic rings. The Morgan fingerprint density at radius 2 is 1.47 bits per heavy atom. The van der Waals surface area contributed by atoms with Crippen molar-refractivity contribution < 1.29 is 26.4 Å². The number of sulfonamides is 2. The van der Waals surface area contributed by atoms with Gasteiger partial charge in [0.2, 0.25) is 0 Å². The zero-order chi connectivity index (χ0) is 14.7. The van der Waals surface area contributed by atoms with Crippen LogP contribution in [0.5, 0.6) is 0 Å². The van der Waals surface area contributed by atoms with Crippen LogP contribution in [0.4, 0.5) is 0 Å². The molecule has 0 saturated heterocycles. The van der Waals surface area contributed by atoms with Gasteiger partial charge in [0.1, 0.15) is 0 Å². The number of carbonyl (C=O) groups excluding carboxylic acids is 2. The molecule has 0 fully saturated rings. The summed E-state index contributed by atoms with van der Waals surface area (Å²) in [5.74, 6) is 0. The third-order valence-corrected chi connectivity index (χ3v) is 4.53. The van der Waals surface area contributed by atoms with Crippen molar-refractivity contribution in [3.8, 4) is 0 Å². The Labute approximate surface area is 108 Å². The normalized spacial score (nSPS) is 11.2. The molecule has 0 unspecified atom stereocenters. The molecule has 0 amide bonds. The van der Waals surface area contributed by atoms with Gasteiger partial charge in [-0.3, -0.25) is 0 Å². The minimum absolute atomic E-state index is 0.0289. The summed E-state index contributed by atoms with van der Waals surface area (Å²) < 4.78 is 51.0. The lowest BCUT2D eigenvalue weighted by Crippen LogP contribution is -2.02. The van der Waals surface area contributed by atoms with E-state index in [9.17, 15) is 26.4 Å². The Kier molecular flexibility index (Phi) is 4.13. The summed E-state index contributed by atoms with van der Waals surface area (Å²) in [5, 5.41) is 0. The molecule has 1 aromatic carbocycles. The van der Waals surface area contributed by atoms with Crippen LogP contribution >= 0.6 is 0 Å². The zero-order valence-electron chi connectivity index (χ0n) is 9.39. The number of rotatable bonds is 4. The van der Waals surface area contributed by atoms with E-state index < -0.39 is 20.0 Å². The van der Waals surface area contributed by atoms with Gasteiger partial charge in [0.25, 0.3) is 32.2 Å². The largest absolute Gasteiger partial charge is 0.292 e. The second kappa shape index (κ2) is 5.25. The van der Waals surface area contributed by atoms with Crippen LogP contribution in [-0.2, 0) is 29.6 Å². The molecule has 100 valence electrons. The Hall–Kier alpha value is -2.12. The van der Waals surface area contributed by atoms with Gasteiger partial charge in [-0.2, -0.15) is 16.8 Å². The highest BCUT2D eigenvalue weighted by atomic mass is 32.2. The van der Waals surface area contributed by atoms with Gasteiger partial charge < -0.3 is 0 Å². The highest BCUT2D eigenvalue weighted by molar-refractivity contribution is 7.90. The molecule has 8 nitrogen and oxygen atoms in total. The SMILES string of the molecule is Cc1cc(S(=O)(=O)N=C=O)ccc1S(=O)(=O)N=C=O. The molecular weight excluding hydrogens is 296 g/mol. The number of isocyanates is 2. The molecule has 10 heteroatoms. The van der Waals surface area contributed by atoms with E-state index in [4.69, 9.17) is 0 Å². The van der Waals surface area contributed by atoms with Crippen molar-refractivity contribution in [2.45, 2.75) is 16.7 Å². The molecule has 19 heavy (non-hydrogen) atoms. The van der Waals surface area contributed by atoms with Crippen LogP contribution in [0.25, 0.3) is 0 Å². The van der Waals surface area contributed by atoms with E-state index in [0.717, 1.165) is 30.4 Å². The number of aryl methyl sites for hydroxylation is 1. The minimum Gasteiger partial charge on any atom is -0.210 e. The van der Waals surface area contributed by atoms with Crippen LogP contribution in [0, 0.1) is 6.92 Å². The monoisotopic (exact) mass is 302 g/mol. The summed E-state index contributed by atoms with van der Waals surface area (Å²) in [7, 11) is -8.43. The highest BCUT2D eigenvalue weighted by Gasteiger charge is 2.19. The predicted octanol–water partition coefficient (Wildman–Crippen LogP) is 0.0440. The fourth-order valence-corrected chi connectivity index (χ4v) is 2.94. The maximum absolute atomic E-state index is 11.5. The molecule has 0 spiro atoms. The van der Waals surface area contributed by atoms with Gasteiger partial charge in [0.15, 0.2) is 0 Å². The first-order valence-corrected chi connectivity index (χ1v) is 7.41. The van der Waals surface area contributed by atoms with E-state index in [0.29, 0.717) is 0 Å². The smallest absolute Gasteiger partial charge is 0.210 e. The fraction of sp³-hybridized carbons (Fsp3) is 0.111. The Morgan fingerprint density at radius 3 is 1.95 bits per heavy atom. The van der Waals surface area contributed by atoms with Gasteiger partial charge in [0, 0.05) is 0 Å². The molecule has 1 rings (SSSR count). The highest BCUT2D eigenvalue weighted by Crippen LogP contribution is 2.22. The summed E-state index contributed by atoms with van der Waals surface area (Å²) in [4.78, 5) is 19.2. The van der Waals surface area contributed by atoms with Crippen molar-refractivity contribution in [2.75, 3.05) is 0 Å². The van der Waals surface area contributed by atoms with E-state index >= 15 is 0 Å². The number of benzene rings is 1. The van der Waals surface area contributed by atoms with Crippen molar-refractivity contribution in [2.24, 2.45) is 8.80 Å². The first-order valence-electron chi connectivity index (χ1n) is 4.53. The van der Waals surface area contributed by atoms with Crippen molar-refractivity contribution in [3.05, 3.63) is 23.8 Å². The minimum atomic E-state index is -4.22. The van der Waals surface area contributed by atoms with Crippen LogP contribution in [0.2, 0.25) is 0 Å². The molecule has 0 N–H and O–H groups in total. The summed E-state index contributed by atoms with van der Waals surface area (Å²) in [5.41, 5.74) is 0.0289. The second-order valence-corrected chi connectivity index (χ2v) is 6.42. The van der Waals surface area contributed by atoms with Gasteiger partial charge in [0.05, 0.1) is 9.79 Å². The quantitative estimate of drug-likeness (QED) is 0.571. The van der Waals surface area contributed by atoms with E-state index in [1.165, 1.54) is 6.92 Å². The van der Waals surface area contributed by atoms with Gasteiger partial charge in [-0.15, -0.1) is 0 Å². The first-order chi connectivity index (χ1) is 8.74. The molecule has 0 saturated carbocycles. The van der Waals surface area contributed by atoms with Crippen LogP contribution < -0.4 is 0 Å². The van der Waals surface area contributed by atoms with Crippen molar-refractivity contribution >= 4 is 32.2 Å². The molecule has 0 atom stereocenters. The molecule has 0 aliphatic carbocycles. The van der Waals surface area contributed by atoms with Gasteiger partial charge in [-0.05, 0) is 30.7 Å². The fourth-order valence-electron chi connectivity index (χ4n) is 1.27. The second-order valence-electron chi connectivity index (χ2n) is 3.24. The van der Waals surface area contributed by atoms with Gasteiger partial charge in [-0.25, -0.2) is 9.59 Å². The number of nitrogens with zero attached hydrogens (tertiary/aromatic N) is 2. The molecule has 0 aliphatic heterocycles. The first kappa shape index (κ1) is 14.9. The van der Waals surface area contributed by atoms with E-state index in [1.54, 1.807) is 0 Å². The average Bonchev–Trinajstić information content (AvgIpc) is 2.28. The van der Waals surface area contributed by atoms with E-state index in [-0.39, 0.29) is 15.4 Å². The predicted molar refractivity (Wildman–Crippen MR) is 61.8 cm³/mol. The molecule has 0 aromatic heterocycles. The standard InChI is InChI=1S/C9H6N2O6S2/c1-7-4-8(18(14,15)10-5-12)2-3-9(7)19(16,17)11-6-13/h2-4H,1H3. The Bertz CT molecular complexity index is 812. The van der Waals surface area contributed by atoms with Gasteiger partial charge in [-0.1, -0.05) is 8.80 Å². The van der Waals surface area contributed by atoms with Crippen molar-refractivity contribution in [3.63, 3.8) is 0 Å². The topological polar surface area (TPSA) is 127 Å². The van der Waals surface area contributed by atoms with Crippen LogP contribution in [0.15, 0.2) is 36.8 Å². The van der Waals surface area contributed by atoms with Crippen molar-refractivity contribution in [1.82, 2.24) is 0 Å². The molecule has 0 bridgehead atoms. The third kappa shape index (κ3) is 3.21. The summed E-state index contributed by atoms with van der Waals surface area (Å²) in [6.45, 7) is 1.30. The van der Waals surface area contributed by atoms with E-state index in [2.05, 4.69) is 8.80 Å². The van der Waals surface area contributed by atoms with Crippen LogP contribution in [0.1, 0.15) is 5.56 Å². The van der Waals surface area contributed by atoms with Crippen LogP contribution in [0.3, 0.4) is 0 Å². The lowest BCUT2D eigenvalue weighted by atomic mass is 10.2. The summed E-state index contributed by atoms with van der Waals surface area (Å²) >= 11 is 0. The molecule has 1 aromatic rings. The Morgan fingerprint density at radius 1 is 0.947 bits per heavy atom. The molecular formula is C9H6N2O6S2. The Balaban J connectivity index is 3.51. The molecule has 0 heterocycles. The lowest BCUT2D eigenvalue weighted by molar-refractivity contribution is 0.561.